The topological polar surface area (TPSA) is 75.7 Å². The van der Waals surface area contributed by atoms with Crippen molar-refractivity contribution in [1.29, 1.82) is 0 Å². The highest BCUT2D eigenvalue weighted by atomic mass is 32.2. The quantitative estimate of drug-likeness (QED) is 0.794. The summed E-state index contributed by atoms with van der Waals surface area (Å²) in [5.74, 6) is 1.33. The first kappa shape index (κ1) is 20.1. The van der Waals surface area contributed by atoms with E-state index in [0.29, 0.717) is 26.2 Å². The number of sulfone groups is 1. The molecule has 6 nitrogen and oxygen atoms in total. The molecule has 1 aromatic rings. The van der Waals surface area contributed by atoms with Crippen LogP contribution in [0, 0.1) is 6.92 Å². The summed E-state index contributed by atoms with van der Waals surface area (Å²) in [6.45, 7) is 4.35. The zero-order valence-electron chi connectivity index (χ0n) is 16.3. The van der Waals surface area contributed by atoms with E-state index >= 15 is 0 Å². The van der Waals surface area contributed by atoms with Gasteiger partial charge in [0.1, 0.15) is 5.75 Å². The summed E-state index contributed by atoms with van der Waals surface area (Å²) >= 11 is 0. The molecule has 1 saturated heterocycles. The largest absolute Gasteiger partial charge is 0.496 e. The summed E-state index contributed by atoms with van der Waals surface area (Å²) in [5.41, 5.74) is 1.62. The zero-order valence-corrected chi connectivity index (χ0v) is 17.1. The number of ether oxygens (including phenoxy) is 1. The van der Waals surface area contributed by atoms with E-state index in [0.717, 1.165) is 42.6 Å². The number of benzene rings is 1. The van der Waals surface area contributed by atoms with E-state index in [-0.39, 0.29) is 17.4 Å². The Morgan fingerprint density at radius 1 is 1.22 bits per heavy atom. The lowest BCUT2D eigenvalue weighted by Crippen LogP contribution is -2.47. The Bertz CT molecular complexity index is 771. The molecule has 0 atom stereocenters. The van der Waals surface area contributed by atoms with Crippen LogP contribution in [-0.2, 0) is 20.0 Å². The summed E-state index contributed by atoms with van der Waals surface area (Å²) in [5, 5.41) is 3.11. The molecule has 27 heavy (non-hydrogen) atoms. The minimum Gasteiger partial charge on any atom is -0.496 e. The average molecular weight is 395 g/mol. The van der Waals surface area contributed by atoms with E-state index in [2.05, 4.69) is 16.3 Å². The van der Waals surface area contributed by atoms with Gasteiger partial charge < -0.3 is 10.1 Å². The van der Waals surface area contributed by atoms with Crippen molar-refractivity contribution in [3.63, 3.8) is 0 Å². The van der Waals surface area contributed by atoms with E-state index in [1.54, 1.807) is 7.11 Å². The van der Waals surface area contributed by atoms with E-state index in [1.807, 2.05) is 19.1 Å². The van der Waals surface area contributed by atoms with Crippen LogP contribution in [0.4, 0.5) is 0 Å². The third-order valence-electron chi connectivity index (χ3n) is 6.00. The SMILES string of the molecule is COc1cc(C2(C(=O)NCCN3CCS(=O)(=O)CC3)CCCC2)ccc1C. The molecule has 0 radical (unpaired) electrons. The fraction of sp³-hybridized carbons (Fsp3) is 0.650. The maximum atomic E-state index is 13.1. The highest BCUT2D eigenvalue weighted by Gasteiger charge is 2.42. The summed E-state index contributed by atoms with van der Waals surface area (Å²) in [6.07, 6.45) is 3.81. The van der Waals surface area contributed by atoms with Crippen LogP contribution in [0.1, 0.15) is 36.8 Å². The Morgan fingerprint density at radius 3 is 2.52 bits per heavy atom. The Hall–Kier alpha value is -1.60. The van der Waals surface area contributed by atoms with Gasteiger partial charge in [0.2, 0.25) is 5.91 Å². The third-order valence-corrected chi connectivity index (χ3v) is 7.61. The lowest BCUT2D eigenvalue weighted by atomic mass is 9.77. The maximum absolute atomic E-state index is 13.1. The van der Waals surface area contributed by atoms with Crippen molar-refractivity contribution < 1.29 is 17.9 Å². The first-order valence-electron chi connectivity index (χ1n) is 9.72. The van der Waals surface area contributed by atoms with Crippen LogP contribution in [0.2, 0.25) is 0 Å². The molecule has 1 aliphatic heterocycles. The smallest absolute Gasteiger partial charge is 0.230 e. The van der Waals surface area contributed by atoms with Gasteiger partial charge in [0.15, 0.2) is 9.84 Å². The number of methoxy groups -OCH3 is 1. The van der Waals surface area contributed by atoms with E-state index < -0.39 is 15.3 Å². The van der Waals surface area contributed by atoms with Gasteiger partial charge in [0, 0.05) is 26.2 Å². The van der Waals surface area contributed by atoms with E-state index in [4.69, 9.17) is 4.74 Å². The van der Waals surface area contributed by atoms with Crippen molar-refractivity contribution in [3.05, 3.63) is 29.3 Å². The second-order valence-electron chi connectivity index (χ2n) is 7.72. The van der Waals surface area contributed by atoms with Crippen LogP contribution in [0.5, 0.6) is 5.75 Å². The number of nitrogens with one attached hydrogen (secondary N) is 1. The molecule has 7 heteroatoms. The standard InChI is InChI=1S/C20H30N2O4S/c1-16-5-6-17(15-18(16)26-2)20(7-3-4-8-20)19(23)21-9-10-22-11-13-27(24,25)14-12-22/h5-6,15H,3-4,7-14H2,1-2H3,(H,21,23). The Balaban J connectivity index is 1.64. The predicted octanol–water partition coefficient (Wildman–Crippen LogP) is 1.66. The average Bonchev–Trinajstić information content (AvgIpc) is 3.14. The minimum atomic E-state index is -2.87. The van der Waals surface area contributed by atoms with Crippen molar-refractivity contribution >= 4 is 15.7 Å². The molecule has 1 saturated carbocycles. The van der Waals surface area contributed by atoms with Gasteiger partial charge in [-0.05, 0) is 37.0 Å². The van der Waals surface area contributed by atoms with Gasteiger partial charge in [-0.1, -0.05) is 25.0 Å². The molecule has 1 aliphatic carbocycles. The molecule has 1 N–H and O–H groups in total. The molecule has 3 rings (SSSR count). The van der Waals surface area contributed by atoms with Gasteiger partial charge in [-0.2, -0.15) is 0 Å². The molecule has 0 unspecified atom stereocenters. The van der Waals surface area contributed by atoms with E-state index in [1.165, 1.54) is 0 Å². The Kier molecular flexibility index (Phi) is 6.11. The first-order valence-corrected chi connectivity index (χ1v) is 11.5. The molecule has 0 spiro atoms. The number of aryl methyl sites for hydroxylation is 1. The molecule has 150 valence electrons. The molecule has 2 fully saturated rings. The second kappa shape index (κ2) is 8.19. The number of hydrogen-bond acceptors (Lipinski definition) is 5. The fourth-order valence-electron chi connectivity index (χ4n) is 4.21. The molecule has 1 amide bonds. The van der Waals surface area contributed by atoms with Gasteiger partial charge in [-0.15, -0.1) is 0 Å². The van der Waals surface area contributed by atoms with Gasteiger partial charge in [-0.25, -0.2) is 8.42 Å². The van der Waals surface area contributed by atoms with Crippen LogP contribution in [-0.4, -0.2) is 64.0 Å². The highest BCUT2D eigenvalue weighted by Crippen LogP contribution is 2.42. The van der Waals surface area contributed by atoms with Crippen molar-refractivity contribution in [1.82, 2.24) is 10.2 Å². The third kappa shape index (κ3) is 4.46. The number of amides is 1. The molecule has 2 aliphatic rings. The minimum absolute atomic E-state index is 0.0792. The zero-order chi connectivity index (χ0) is 19.5. The lowest BCUT2D eigenvalue weighted by Gasteiger charge is -2.30. The number of carbonyl (C=O) groups is 1. The number of nitrogens with zero attached hydrogens (tertiary/aromatic N) is 1. The van der Waals surface area contributed by atoms with E-state index in [9.17, 15) is 13.2 Å². The number of hydrogen-bond donors (Lipinski definition) is 1. The molecule has 0 aromatic heterocycles. The van der Waals surface area contributed by atoms with Gasteiger partial charge in [0.25, 0.3) is 0 Å². The van der Waals surface area contributed by atoms with Gasteiger partial charge >= 0.3 is 0 Å². The lowest BCUT2D eigenvalue weighted by molar-refractivity contribution is -0.126. The molecule has 0 bridgehead atoms. The fourth-order valence-corrected chi connectivity index (χ4v) is 5.49. The van der Waals surface area contributed by atoms with Crippen LogP contribution >= 0.6 is 0 Å². The molecule has 1 heterocycles. The van der Waals surface area contributed by atoms with Gasteiger partial charge in [-0.3, -0.25) is 9.69 Å². The van der Waals surface area contributed by atoms with Crippen LogP contribution in [0.15, 0.2) is 18.2 Å². The monoisotopic (exact) mass is 394 g/mol. The summed E-state index contributed by atoms with van der Waals surface area (Å²) in [7, 11) is -1.21. The van der Waals surface area contributed by atoms with Crippen molar-refractivity contribution in [2.45, 2.75) is 38.0 Å². The number of rotatable bonds is 6. The Labute approximate surface area is 162 Å². The van der Waals surface area contributed by atoms with Crippen LogP contribution in [0.25, 0.3) is 0 Å². The normalized spacial score (nSPS) is 21.7. The second-order valence-corrected chi connectivity index (χ2v) is 10.0. The predicted molar refractivity (Wildman–Crippen MR) is 106 cm³/mol. The van der Waals surface area contributed by atoms with Crippen molar-refractivity contribution in [2.75, 3.05) is 44.8 Å². The van der Waals surface area contributed by atoms with Crippen molar-refractivity contribution in [3.8, 4) is 5.75 Å². The highest BCUT2D eigenvalue weighted by molar-refractivity contribution is 7.91. The number of carbonyl (C=O) groups excluding carboxylic acids is 1. The summed E-state index contributed by atoms with van der Waals surface area (Å²) in [4.78, 5) is 15.2. The molecular formula is C20H30N2O4S. The van der Waals surface area contributed by atoms with Crippen molar-refractivity contribution in [2.24, 2.45) is 0 Å². The first-order chi connectivity index (χ1) is 12.9. The molecule has 1 aromatic carbocycles. The van der Waals surface area contributed by atoms with Gasteiger partial charge in [0.05, 0.1) is 24.0 Å². The Morgan fingerprint density at radius 2 is 1.89 bits per heavy atom. The van der Waals surface area contributed by atoms with Crippen LogP contribution in [0.3, 0.4) is 0 Å². The maximum Gasteiger partial charge on any atom is 0.230 e. The summed E-state index contributed by atoms with van der Waals surface area (Å²) in [6, 6.07) is 6.09. The van der Waals surface area contributed by atoms with Crippen LogP contribution < -0.4 is 10.1 Å². The molecular weight excluding hydrogens is 364 g/mol. The summed E-state index contributed by atoms with van der Waals surface area (Å²) < 4.78 is 28.5.